The van der Waals surface area contributed by atoms with Gasteiger partial charge in [-0.05, 0) is 24.6 Å². The zero-order valence-electron chi connectivity index (χ0n) is 25.4. The number of methoxy groups -OCH3 is 2. The largest absolute Gasteiger partial charge is 0.481 e. The Labute approximate surface area is 252 Å². The Kier molecular flexibility index (Phi) is 13.4. The quantitative estimate of drug-likeness (QED) is 0.159. The molecule has 13 heteroatoms. The lowest BCUT2D eigenvalue weighted by molar-refractivity contribution is -0.119. The third kappa shape index (κ3) is 11.0. The number of nitrogens with zero attached hydrogens (tertiary/aromatic N) is 3. The maximum absolute atomic E-state index is 11.0. The molecule has 0 aromatic carbocycles. The summed E-state index contributed by atoms with van der Waals surface area (Å²) in [4.78, 5) is 35.3. The van der Waals surface area contributed by atoms with Crippen molar-refractivity contribution >= 4 is 11.8 Å². The van der Waals surface area contributed by atoms with Crippen LogP contribution in [-0.2, 0) is 35.9 Å². The van der Waals surface area contributed by atoms with E-state index in [1.165, 1.54) is 13.8 Å². The molecular formula is C30H41N7O6. The van der Waals surface area contributed by atoms with Gasteiger partial charge >= 0.3 is 0 Å². The van der Waals surface area contributed by atoms with E-state index in [4.69, 9.17) is 18.9 Å². The fraction of sp³-hybridized carbons (Fsp3) is 0.433. The fourth-order valence-corrected chi connectivity index (χ4v) is 4.00. The second-order valence-corrected chi connectivity index (χ2v) is 9.62. The molecule has 3 heterocycles. The lowest BCUT2D eigenvalue weighted by atomic mass is 10.1. The summed E-state index contributed by atoms with van der Waals surface area (Å²) in [5.41, 5.74) is 4.56. The van der Waals surface area contributed by atoms with Crippen molar-refractivity contribution in [3.8, 4) is 23.5 Å². The minimum atomic E-state index is -0.0594. The number of pyridine rings is 3. The first-order chi connectivity index (χ1) is 20.8. The molecule has 0 spiro atoms. The summed E-state index contributed by atoms with van der Waals surface area (Å²) < 4.78 is 22.8. The second-order valence-electron chi connectivity index (χ2n) is 9.62. The molecule has 0 aliphatic rings. The van der Waals surface area contributed by atoms with E-state index in [0.717, 1.165) is 27.8 Å². The second kappa shape index (κ2) is 17.5. The zero-order chi connectivity index (χ0) is 31.0. The molecule has 0 radical (unpaired) electrons. The Hall–Kier alpha value is -4.49. The van der Waals surface area contributed by atoms with Crippen LogP contribution in [0.25, 0.3) is 0 Å². The van der Waals surface area contributed by atoms with Gasteiger partial charge in [0.05, 0.1) is 14.2 Å². The summed E-state index contributed by atoms with van der Waals surface area (Å²) >= 11 is 0. The van der Waals surface area contributed by atoms with Gasteiger partial charge in [0.25, 0.3) is 0 Å². The summed E-state index contributed by atoms with van der Waals surface area (Å²) in [6, 6.07) is 7.39. The van der Waals surface area contributed by atoms with Gasteiger partial charge < -0.3 is 40.2 Å². The van der Waals surface area contributed by atoms with E-state index >= 15 is 0 Å². The third-order valence-electron chi connectivity index (χ3n) is 6.37. The van der Waals surface area contributed by atoms with Crippen LogP contribution in [0.5, 0.6) is 23.5 Å². The van der Waals surface area contributed by atoms with Crippen molar-refractivity contribution in [3.63, 3.8) is 0 Å². The molecule has 0 aliphatic carbocycles. The molecule has 0 fully saturated rings. The van der Waals surface area contributed by atoms with Gasteiger partial charge in [-0.15, -0.1) is 0 Å². The number of amides is 2. The van der Waals surface area contributed by atoms with Crippen molar-refractivity contribution in [2.75, 3.05) is 40.4 Å². The monoisotopic (exact) mass is 595 g/mol. The topological polar surface area (TPSA) is 158 Å². The molecule has 4 N–H and O–H groups in total. The van der Waals surface area contributed by atoms with Gasteiger partial charge in [-0.1, -0.05) is 0 Å². The number of hydrogen-bond acceptors (Lipinski definition) is 11. The summed E-state index contributed by atoms with van der Waals surface area (Å²) in [6.45, 7) is 8.94. The lowest BCUT2D eigenvalue weighted by Crippen LogP contribution is -2.30. The van der Waals surface area contributed by atoms with E-state index in [0.29, 0.717) is 62.8 Å². The Morgan fingerprint density at radius 1 is 0.674 bits per heavy atom. The highest BCUT2D eigenvalue weighted by molar-refractivity contribution is 5.73. The molecule has 2 amide bonds. The SMILES string of the molecule is COc1nc(OCc2cncc(COc3ccc(CNCCNC(C)=O)c(OC)n3)c2C)ccc1CNCCNC(C)=O. The van der Waals surface area contributed by atoms with Crippen LogP contribution in [-0.4, -0.2) is 67.2 Å². The van der Waals surface area contributed by atoms with Gasteiger partial charge in [0.15, 0.2) is 0 Å². The number of carbonyl (C=O) groups is 2. The van der Waals surface area contributed by atoms with Crippen LogP contribution in [0.4, 0.5) is 0 Å². The Morgan fingerprint density at radius 2 is 1.12 bits per heavy atom. The first-order valence-electron chi connectivity index (χ1n) is 14.0. The van der Waals surface area contributed by atoms with Crippen molar-refractivity contribution < 1.29 is 28.5 Å². The maximum atomic E-state index is 11.0. The highest BCUT2D eigenvalue weighted by Crippen LogP contribution is 2.23. The van der Waals surface area contributed by atoms with Crippen LogP contribution in [0.1, 0.15) is 41.7 Å². The van der Waals surface area contributed by atoms with Crippen molar-refractivity contribution in [1.29, 1.82) is 0 Å². The van der Waals surface area contributed by atoms with E-state index in [1.54, 1.807) is 38.7 Å². The summed E-state index contributed by atoms with van der Waals surface area (Å²) in [5.74, 6) is 1.68. The molecule has 13 nitrogen and oxygen atoms in total. The first-order valence-corrected chi connectivity index (χ1v) is 14.0. The highest BCUT2D eigenvalue weighted by atomic mass is 16.5. The normalized spacial score (nSPS) is 10.6. The maximum Gasteiger partial charge on any atom is 0.220 e. The Morgan fingerprint density at radius 3 is 1.51 bits per heavy atom. The van der Waals surface area contributed by atoms with Gasteiger partial charge in [0.1, 0.15) is 13.2 Å². The van der Waals surface area contributed by atoms with Crippen LogP contribution in [0.3, 0.4) is 0 Å². The van der Waals surface area contributed by atoms with E-state index in [9.17, 15) is 9.59 Å². The average molecular weight is 596 g/mol. The average Bonchev–Trinajstić information content (AvgIpc) is 3.00. The summed E-state index contributed by atoms with van der Waals surface area (Å²) in [5, 5.41) is 12.0. The van der Waals surface area contributed by atoms with Crippen LogP contribution < -0.4 is 40.2 Å². The first kappa shape index (κ1) is 33.0. The molecule has 3 rings (SSSR count). The number of hydrogen-bond donors (Lipinski definition) is 4. The molecule has 0 aliphatic heterocycles. The predicted molar refractivity (Wildman–Crippen MR) is 160 cm³/mol. The minimum absolute atomic E-state index is 0.0594. The number of ether oxygens (including phenoxy) is 4. The van der Waals surface area contributed by atoms with Gasteiger partial charge in [0, 0.05) is 99.9 Å². The summed E-state index contributed by atoms with van der Waals surface area (Å²) in [7, 11) is 3.13. The van der Waals surface area contributed by atoms with E-state index in [1.807, 2.05) is 19.1 Å². The van der Waals surface area contributed by atoms with Crippen molar-refractivity contribution in [1.82, 2.24) is 36.2 Å². The van der Waals surface area contributed by atoms with Gasteiger partial charge in [-0.3, -0.25) is 14.6 Å². The number of nitrogens with one attached hydrogen (secondary N) is 4. The summed E-state index contributed by atoms with van der Waals surface area (Å²) in [6.07, 6.45) is 3.52. The lowest BCUT2D eigenvalue weighted by Gasteiger charge is -2.14. The standard InChI is InChI=1S/C30H41N7O6/c1-20-25(18-42-27-8-6-23(29(36-27)40-4)14-31-10-12-34-21(2)38)16-33-17-26(20)19-43-28-9-7-24(30(37-28)41-5)15-32-11-13-35-22(3)39/h6-9,16-17,31-32H,10-15,18-19H2,1-5H3,(H,34,38)(H,35,39). The molecule has 0 unspecified atom stereocenters. The van der Waals surface area contributed by atoms with Gasteiger partial charge in [-0.2, -0.15) is 9.97 Å². The molecule has 3 aromatic heterocycles. The molecule has 3 aromatic rings. The van der Waals surface area contributed by atoms with Crippen LogP contribution >= 0.6 is 0 Å². The zero-order valence-corrected chi connectivity index (χ0v) is 25.4. The van der Waals surface area contributed by atoms with Crippen molar-refractivity contribution in [2.24, 2.45) is 0 Å². The smallest absolute Gasteiger partial charge is 0.220 e. The van der Waals surface area contributed by atoms with Gasteiger partial charge in [-0.25, -0.2) is 0 Å². The molecule has 0 bridgehead atoms. The minimum Gasteiger partial charge on any atom is -0.481 e. The number of carbonyl (C=O) groups excluding carboxylic acids is 2. The molecule has 0 saturated carbocycles. The van der Waals surface area contributed by atoms with Crippen molar-refractivity contribution in [3.05, 3.63) is 64.5 Å². The predicted octanol–water partition coefficient (Wildman–Crippen LogP) is 1.81. The molecule has 0 saturated heterocycles. The van der Waals surface area contributed by atoms with Gasteiger partial charge in [0.2, 0.25) is 35.3 Å². The fourth-order valence-electron chi connectivity index (χ4n) is 4.00. The van der Waals surface area contributed by atoms with E-state index in [2.05, 4.69) is 36.2 Å². The van der Waals surface area contributed by atoms with Crippen LogP contribution in [0.15, 0.2) is 36.7 Å². The van der Waals surface area contributed by atoms with E-state index in [-0.39, 0.29) is 25.0 Å². The molecule has 43 heavy (non-hydrogen) atoms. The Balaban J connectivity index is 1.54. The molecule has 0 atom stereocenters. The molecular weight excluding hydrogens is 554 g/mol. The molecule has 232 valence electrons. The van der Waals surface area contributed by atoms with Crippen molar-refractivity contribution in [2.45, 2.75) is 47.1 Å². The van der Waals surface area contributed by atoms with Crippen LogP contribution in [0, 0.1) is 6.92 Å². The third-order valence-corrected chi connectivity index (χ3v) is 6.37. The Bertz CT molecular complexity index is 1260. The van der Waals surface area contributed by atoms with Crippen LogP contribution in [0.2, 0.25) is 0 Å². The number of aromatic nitrogens is 3. The number of rotatable bonds is 18. The highest BCUT2D eigenvalue weighted by Gasteiger charge is 2.12. The van der Waals surface area contributed by atoms with E-state index < -0.39 is 0 Å².